The van der Waals surface area contributed by atoms with Gasteiger partial charge in [-0.1, -0.05) is 6.07 Å². The van der Waals surface area contributed by atoms with Crippen LogP contribution in [0.3, 0.4) is 0 Å². The summed E-state index contributed by atoms with van der Waals surface area (Å²) >= 11 is 0. The SMILES string of the molecule is COC(=O)N1CCc2cc(OC)c(O)c3c2C1Cc1ccc(OC)c(OC)c1-3. The van der Waals surface area contributed by atoms with Gasteiger partial charge in [0.25, 0.3) is 0 Å². The number of aromatic hydroxyl groups is 1. The molecule has 0 spiro atoms. The Balaban J connectivity index is 2.05. The maximum Gasteiger partial charge on any atom is 0.410 e. The highest BCUT2D eigenvalue weighted by atomic mass is 16.5. The third-order valence-electron chi connectivity index (χ3n) is 5.65. The zero-order valence-corrected chi connectivity index (χ0v) is 16.4. The summed E-state index contributed by atoms with van der Waals surface area (Å²) in [6.45, 7) is 0.542. The van der Waals surface area contributed by atoms with Gasteiger partial charge in [-0.3, -0.25) is 0 Å². The number of ether oxygens (including phenoxy) is 4. The lowest BCUT2D eigenvalue weighted by Gasteiger charge is -2.41. The Labute approximate surface area is 163 Å². The molecule has 0 aromatic heterocycles. The average Bonchev–Trinajstić information content (AvgIpc) is 2.73. The molecule has 0 saturated carbocycles. The second-order valence-corrected chi connectivity index (χ2v) is 6.84. The first-order valence-electron chi connectivity index (χ1n) is 9.07. The van der Waals surface area contributed by atoms with Crippen LogP contribution < -0.4 is 14.2 Å². The lowest BCUT2D eigenvalue weighted by Crippen LogP contribution is -2.42. The Morgan fingerprint density at radius 1 is 1.04 bits per heavy atom. The Bertz CT molecular complexity index is 955. The molecule has 1 aliphatic carbocycles. The van der Waals surface area contributed by atoms with Crippen LogP contribution in [0, 0.1) is 0 Å². The van der Waals surface area contributed by atoms with Crippen molar-refractivity contribution in [1.82, 2.24) is 4.90 Å². The summed E-state index contributed by atoms with van der Waals surface area (Å²) in [6.07, 6.45) is 0.865. The van der Waals surface area contributed by atoms with Gasteiger partial charge in [0.2, 0.25) is 0 Å². The van der Waals surface area contributed by atoms with Crippen LogP contribution in [0.5, 0.6) is 23.0 Å². The fourth-order valence-electron chi connectivity index (χ4n) is 4.43. The highest BCUT2D eigenvalue weighted by molar-refractivity contribution is 5.89. The van der Waals surface area contributed by atoms with Gasteiger partial charge in [0.15, 0.2) is 23.0 Å². The summed E-state index contributed by atoms with van der Waals surface area (Å²) in [5.74, 6) is 1.57. The number of phenolic OH excluding ortho intramolecular Hbond substituents is 1. The molecule has 7 nitrogen and oxygen atoms in total. The molecule has 1 heterocycles. The zero-order valence-electron chi connectivity index (χ0n) is 16.4. The molecule has 7 heteroatoms. The molecule has 1 unspecified atom stereocenters. The molecule has 0 fully saturated rings. The number of fused-ring (bicyclic) bond motifs is 2. The first-order valence-corrected chi connectivity index (χ1v) is 9.07. The van der Waals surface area contributed by atoms with E-state index in [0.29, 0.717) is 42.2 Å². The molecule has 0 radical (unpaired) electrons. The Kier molecular flexibility index (Phi) is 4.45. The van der Waals surface area contributed by atoms with Gasteiger partial charge in [0, 0.05) is 17.7 Å². The zero-order chi connectivity index (χ0) is 20.0. The van der Waals surface area contributed by atoms with E-state index < -0.39 is 0 Å². The second kappa shape index (κ2) is 6.82. The van der Waals surface area contributed by atoms with Crippen molar-refractivity contribution in [1.29, 1.82) is 0 Å². The number of carbonyl (C=O) groups is 1. The number of nitrogens with zero attached hydrogens (tertiary/aromatic N) is 1. The van der Waals surface area contributed by atoms with E-state index in [1.54, 1.807) is 19.1 Å². The van der Waals surface area contributed by atoms with Crippen molar-refractivity contribution in [2.75, 3.05) is 35.0 Å². The molecule has 1 aliphatic heterocycles. The minimum Gasteiger partial charge on any atom is -0.504 e. The molecule has 2 aliphatic rings. The van der Waals surface area contributed by atoms with Crippen LogP contribution in [-0.2, 0) is 17.6 Å². The van der Waals surface area contributed by atoms with E-state index in [1.807, 2.05) is 18.2 Å². The number of methoxy groups -OCH3 is 4. The third-order valence-corrected chi connectivity index (χ3v) is 5.65. The summed E-state index contributed by atoms with van der Waals surface area (Å²) in [5, 5.41) is 11.1. The van der Waals surface area contributed by atoms with Crippen LogP contribution in [0.25, 0.3) is 11.1 Å². The van der Waals surface area contributed by atoms with Crippen LogP contribution in [-0.4, -0.2) is 51.1 Å². The molecule has 1 N–H and O–H groups in total. The predicted molar refractivity (Wildman–Crippen MR) is 102 cm³/mol. The van der Waals surface area contributed by atoms with Gasteiger partial charge in [0.05, 0.1) is 34.5 Å². The van der Waals surface area contributed by atoms with Crippen molar-refractivity contribution in [3.05, 3.63) is 34.9 Å². The molecule has 0 saturated heterocycles. The van der Waals surface area contributed by atoms with E-state index in [-0.39, 0.29) is 17.9 Å². The van der Waals surface area contributed by atoms with E-state index in [0.717, 1.165) is 22.3 Å². The van der Waals surface area contributed by atoms with E-state index in [4.69, 9.17) is 18.9 Å². The molecule has 28 heavy (non-hydrogen) atoms. The standard InChI is InChI=1S/C21H23NO6/c1-25-14-6-5-11-9-13-16-12(7-8-22(13)21(24)28-4)10-15(26-2)19(23)18(16)17(11)20(14)27-3/h5-6,10,13,23H,7-9H2,1-4H3. The number of phenols is 1. The van der Waals surface area contributed by atoms with Crippen molar-refractivity contribution in [2.45, 2.75) is 18.9 Å². The summed E-state index contributed by atoms with van der Waals surface area (Å²) in [6, 6.07) is 5.41. The van der Waals surface area contributed by atoms with Crippen LogP contribution in [0.2, 0.25) is 0 Å². The van der Waals surface area contributed by atoms with Gasteiger partial charge < -0.3 is 29.0 Å². The number of benzene rings is 2. The topological polar surface area (TPSA) is 77.5 Å². The first-order chi connectivity index (χ1) is 13.5. The van der Waals surface area contributed by atoms with Crippen molar-refractivity contribution >= 4 is 6.09 Å². The molecular formula is C21H23NO6. The predicted octanol–water partition coefficient (Wildman–Crippen LogP) is 3.31. The molecule has 2 aromatic rings. The number of hydrogen-bond donors (Lipinski definition) is 1. The average molecular weight is 385 g/mol. The number of amides is 1. The van der Waals surface area contributed by atoms with Crippen molar-refractivity contribution in [2.24, 2.45) is 0 Å². The van der Waals surface area contributed by atoms with Crippen LogP contribution in [0.1, 0.15) is 22.7 Å². The number of rotatable bonds is 3. The molecule has 148 valence electrons. The minimum atomic E-state index is -0.374. The molecule has 2 aromatic carbocycles. The van der Waals surface area contributed by atoms with E-state index in [2.05, 4.69) is 0 Å². The van der Waals surface area contributed by atoms with E-state index in [1.165, 1.54) is 14.2 Å². The van der Waals surface area contributed by atoms with Crippen molar-refractivity contribution in [3.8, 4) is 34.1 Å². The summed E-state index contributed by atoms with van der Waals surface area (Å²) in [7, 11) is 6.07. The second-order valence-electron chi connectivity index (χ2n) is 6.84. The van der Waals surface area contributed by atoms with Gasteiger partial charge in [-0.15, -0.1) is 0 Å². The summed E-state index contributed by atoms with van der Waals surface area (Å²) in [4.78, 5) is 14.1. The molecular weight excluding hydrogens is 362 g/mol. The van der Waals surface area contributed by atoms with Crippen molar-refractivity contribution in [3.63, 3.8) is 0 Å². The van der Waals surface area contributed by atoms with Gasteiger partial charge in [-0.2, -0.15) is 0 Å². The largest absolute Gasteiger partial charge is 0.504 e. The summed E-state index contributed by atoms with van der Waals surface area (Å²) in [5.41, 5.74) is 4.32. The first kappa shape index (κ1) is 18.3. The van der Waals surface area contributed by atoms with E-state index in [9.17, 15) is 9.90 Å². The molecule has 0 bridgehead atoms. The lowest BCUT2D eigenvalue weighted by molar-refractivity contribution is 0.100. The van der Waals surface area contributed by atoms with Crippen LogP contribution in [0.4, 0.5) is 4.79 Å². The fraction of sp³-hybridized carbons (Fsp3) is 0.381. The van der Waals surface area contributed by atoms with Gasteiger partial charge in [0.1, 0.15) is 0 Å². The number of hydrogen-bond acceptors (Lipinski definition) is 6. The van der Waals surface area contributed by atoms with Crippen molar-refractivity contribution < 1.29 is 28.8 Å². The maximum absolute atomic E-state index is 12.4. The quantitative estimate of drug-likeness (QED) is 0.874. The monoisotopic (exact) mass is 385 g/mol. The van der Waals surface area contributed by atoms with Gasteiger partial charge in [-0.05, 0) is 41.7 Å². The highest BCUT2D eigenvalue weighted by Gasteiger charge is 2.41. The highest BCUT2D eigenvalue weighted by Crippen LogP contribution is 2.56. The maximum atomic E-state index is 12.4. The normalized spacial score (nSPS) is 16.7. The Morgan fingerprint density at radius 3 is 2.43 bits per heavy atom. The lowest BCUT2D eigenvalue weighted by atomic mass is 9.76. The Hall–Kier alpha value is -3.09. The smallest absolute Gasteiger partial charge is 0.410 e. The molecule has 1 amide bonds. The van der Waals surface area contributed by atoms with Gasteiger partial charge >= 0.3 is 6.09 Å². The minimum absolute atomic E-state index is 0.0328. The summed E-state index contributed by atoms with van der Waals surface area (Å²) < 4.78 is 21.6. The third kappa shape index (κ3) is 2.46. The van der Waals surface area contributed by atoms with Gasteiger partial charge in [-0.25, -0.2) is 4.79 Å². The van der Waals surface area contributed by atoms with Crippen LogP contribution in [0.15, 0.2) is 18.2 Å². The van der Waals surface area contributed by atoms with E-state index >= 15 is 0 Å². The Morgan fingerprint density at radius 2 is 1.79 bits per heavy atom. The molecule has 1 atom stereocenters. The molecule has 4 rings (SSSR count). The fourth-order valence-corrected chi connectivity index (χ4v) is 4.43. The van der Waals surface area contributed by atoms with Crippen LogP contribution >= 0.6 is 0 Å². The number of carbonyl (C=O) groups excluding carboxylic acids is 1.